The third-order valence-electron chi connectivity index (χ3n) is 6.41. The number of aromatic nitrogens is 3. The van der Waals surface area contributed by atoms with Gasteiger partial charge in [-0.2, -0.15) is 5.26 Å². The van der Waals surface area contributed by atoms with Crippen molar-refractivity contribution in [1.29, 1.82) is 5.26 Å². The SMILES string of the molecule is COc1cc(-c2cc(-c3ccccc3)nc(SCC(=O)c3c(=O)o[nH][n+]3-c3ccccc3)c2C#N)cc(OC)c1OC. The first-order valence-electron chi connectivity index (χ1n) is 12.6. The van der Waals surface area contributed by atoms with Crippen LogP contribution in [0.1, 0.15) is 16.1 Å². The Hall–Kier alpha value is -5.34. The Labute approximate surface area is 245 Å². The lowest BCUT2D eigenvalue weighted by Crippen LogP contribution is -2.41. The lowest BCUT2D eigenvalue weighted by molar-refractivity contribution is -0.672. The molecule has 10 nitrogen and oxygen atoms in total. The molecule has 0 aliphatic carbocycles. The highest BCUT2D eigenvalue weighted by Crippen LogP contribution is 2.43. The smallest absolute Gasteiger partial charge is 0.438 e. The van der Waals surface area contributed by atoms with Crippen LogP contribution in [0.4, 0.5) is 0 Å². The van der Waals surface area contributed by atoms with Gasteiger partial charge in [0, 0.05) is 23.3 Å². The first kappa shape index (κ1) is 28.2. The van der Waals surface area contributed by atoms with Gasteiger partial charge in [-0.1, -0.05) is 60.3 Å². The van der Waals surface area contributed by atoms with Gasteiger partial charge in [-0.15, -0.1) is 0 Å². The van der Waals surface area contributed by atoms with Crippen LogP contribution in [0.5, 0.6) is 17.2 Å². The molecule has 42 heavy (non-hydrogen) atoms. The number of H-pyrrole nitrogens is 1. The average molecular weight is 582 g/mol. The number of Topliss-reactive ketones (excluding diaryl/α,β-unsaturated/α-hetero) is 1. The number of pyridine rings is 1. The number of thioether (sulfide) groups is 1. The van der Waals surface area contributed by atoms with Crippen LogP contribution in [0, 0.1) is 11.3 Å². The van der Waals surface area contributed by atoms with Crippen molar-refractivity contribution in [3.63, 3.8) is 0 Å². The molecule has 210 valence electrons. The van der Waals surface area contributed by atoms with E-state index >= 15 is 0 Å². The van der Waals surface area contributed by atoms with Crippen LogP contribution in [0.2, 0.25) is 0 Å². The standard InChI is InChI=1S/C31H24N4O6S/c1-38-26-14-20(15-27(39-2)29(26)40-3)22-16-24(19-10-6-4-7-11-19)33-30(23(22)17-32)42-18-25(36)28-31(37)41-34-35(28)21-12-8-5-9-13-21/h4-16H,18H2,1-3H3/p+1. The van der Waals surface area contributed by atoms with Crippen LogP contribution < -0.4 is 24.5 Å². The van der Waals surface area contributed by atoms with Crippen molar-refractivity contribution < 1.29 is 28.2 Å². The molecule has 3 aromatic carbocycles. The van der Waals surface area contributed by atoms with E-state index in [1.807, 2.05) is 42.5 Å². The summed E-state index contributed by atoms with van der Waals surface area (Å²) in [6, 6.07) is 25.9. The summed E-state index contributed by atoms with van der Waals surface area (Å²) in [6.07, 6.45) is 0. The second kappa shape index (κ2) is 12.4. The fourth-order valence-electron chi connectivity index (χ4n) is 4.43. The Balaban J connectivity index is 1.60. The maximum atomic E-state index is 13.4. The highest BCUT2D eigenvalue weighted by Gasteiger charge is 2.31. The topological polar surface area (TPSA) is 131 Å². The second-order valence-electron chi connectivity index (χ2n) is 8.84. The summed E-state index contributed by atoms with van der Waals surface area (Å²) in [5, 5.41) is 13.1. The van der Waals surface area contributed by atoms with E-state index in [4.69, 9.17) is 23.7 Å². The van der Waals surface area contributed by atoms with Crippen molar-refractivity contribution in [2.45, 2.75) is 5.03 Å². The second-order valence-corrected chi connectivity index (χ2v) is 9.80. The molecule has 0 aliphatic rings. The zero-order chi connectivity index (χ0) is 29.6. The molecule has 1 N–H and O–H groups in total. The molecular formula is C31H25N4O6S+. The number of carbonyl (C=O) groups is 1. The number of nitrogens with one attached hydrogen (secondary N) is 1. The Bertz CT molecular complexity index is 1820. The number of aromatic amines is 1. The summed E-state index contributed by atoms with van der Waals surface area (Å²) in [5.74, 6) is 0.580. The van der Waals surface area contributed by atoms with Crippen molar-refractivity contribution in [3.05, 3.63) is 101 Å². The van der Waals surface area contributed by atoms with Crippen LogP contribution in [-0.4, -0.2) is 43.1 Å². The largest absolute Gasteiger partial charge is 0.493 e. The summed E-state index contributed by atoms with van der Waals surface area (Å²) >= 11 is 1.06. The number of nitriles is 1. The van der Waals surface area contributed by atoms with Crippen LogP contribution in [0.15, 0.2) is 93.2 Å². The molecule has 0 radical (unpaired) electrons. The van der Waals surface area contributed by atoms with Gasteiger partial charge in [0.05, 0.1) is 38.3 Å². The van der Waals surface area contributed by atoms with E-state index in [2.05, 4.69) is 11.3 Å². The molecule has 0 saturated carbocycles. The van der Waals surface area contributed by atoms with Crippen molar-refractivity contribution in [1.82, 2.24) is 10.3 Å². The van der Waals surface area contributed by atoms with Gasteiger partial charge >= 0.3 is 11.3 Å². The number of rotatable bonds is 10. The number of hydrogen-bond donors (Lipinski definition) is 1. The molecule has 0 atom stereocenters. The summed E-state index contributed by atoms with van der Waals surface area (Å²) in [5.41, 5.74) is 2.43. The predicted molar refractivity (Wildman–Crippen MR) is 155 cm³/mol. The van der Waals surface area contributed by atoms with E-state index in [-0.39, 0.29) is 17.0 Å². The first-order chi connectivity index (χ1) is 20.5. The molecular weight excluding hydrogens is 556 g/mol. The highest BCUT2D eigenvalue weighted by molar-refractivity contribution is 8.00. The van der Waals surface area contributed by atoms with Crippen LogP contribution in [0.25, 0.3) is 28.1 Å². The summed E-state index contributed by atoms with van der Waals surface area (Å²) in [7, 11) is 4.54. The lowest BCUT2D eigenvalue weighted by atomic mass is 9.98. The van der Waals surface area contributed by atoms with Crippen molar-refractivity contribution in [3.8, 4) is 51.4 Å². The minimum atomic E-state index is -0.797. The number of carbonyl (C=O) groups excluding carboxylic acids is 1. The van der Waals surface area contributed by atoms with Gasteiger partial charge in [0.2, 0.25) is 17.2 Å². The lowest BCUT2D eigenvalue weighted by Gasteiger charge is -2.16. The maximum absolute atomic E-state index is 13.4. The number of methoxy groups -OCH3 is 3. The number of benzene rings is 3. The molecule has 0 amide bonds. The quantitative estimate of drug-likeness (QED) is 0.140. The highest BCUT2D eigenvalue weighted by atomic mass is 32.2. The summed E-state index contributed by atoms with van der Waals surface area (Å²) in [6.45, 7) is 0. The van der Waals surface area contributed by atoms with Gasteiger partial charge in [-0.25, -0.2) is 9.78 Å². The van der Waals surface area contributed by atoms with E-state index in [0.717, 1.165) is 17.3 Å². The van der Waals surface area contributed by atoms with E-state index in [9.17, 15) is 14.9 Å². The van der Waals surface area contributed by atoms with Gasteiger partial charge in [-0.3, -0.25) is 9.32 Å². The van der Waals surface area contributed by atoms with E-state index in [1.165, 1.54) is 26.0 Å². The van der Waals surface area contributed by atoms with Crippen molar-refractivity contribution in [2.75, 3.05) is 27.1 Å². The molecule has 0 bridgehead atoms. The third kappa shape index (κ3) is 5.48. The van der Waals surface area contributed by atoms with Crippen LogP contribution in [0.3, 0.4) is 0 Å². The zero-order valence-corrected chi connectivity index (χ0v) is 23.7. The molecule has 0 aliphatic heterocycles. The Morgan fingerprint density at radius 1 is 0.952 bits per heavy atom. The molecule has 11 heteroatoms. The molecule has 0 spiro atoms. The molecule has 2 aromatic heterocycles. The Morgan fingerprint density at radius 2 is 1.60 bits per heavy atom. The van der Waals surface area contributed by atoms with Crippen LogP contribution in [-0.2, 0) is 0 Å². The van der Waals surface area contributed by atoms with E-state index < -0.39 is 11.4 Å². The van der Waals surface area contributed by atoms with Gasteiger partial charge in [0.25, 0.3) is 0 Å². The average Bonchev–Trinajstić information content (AvgIpc) is 3.44. The molecule has 5 aromatic rings. The normalized spacial score (nSPS) is 10.6. The zero-order valence-electron chi connectivity index (χ0n) is 22.9. The summed E-state index contributed by atoms with van der Waals surface area (Å²) < 4.78 is 22.8. The molecule has 2 heterocycles. The summed E-state index contributed by atoms with van der Waals surface area (Å²) in [4.78, 5) is 30.6. The molecule has 0 unspecified atom stereocenters. The number of ether oxygens (including phenoxy) is 3. The Kier molecular flexibility index (Phi) is 8.36. The van der Waals surface area contributed by atoms with Gasteiger partial charge in [0.15, 0.2) is 11.5 Å². The number of ketones is 1. The third-order valence-corrected chi connectivity index (χ3v) is 7.38. The predicted octanol–water partition coefficient (Wildman–Crippen LogP) is 4.85. The fraction of sp³-hybridized carbons (Fsp3) is 0.129. The van der Waals surface area contributed by atoms with Gasteiger partial charge in [0.1, 0.15) is 11.1 Å². The van der Waals surface area contributed by atoms with E-state index in [0.29, 0.717) is 44.8 Å². The number of nitrogens with zero attached hydrogens (tertiary/aromatic N) is 3. The van der Waals surface area contributed by atoms with E-state index in [1.54, 1.807) is 36.4 Å². The van der Waals surface area contributed by atoms with Crippen molar-refractivity contribution in [2.24, 2.45) is 0 Å². The Morgan fingerprint density at radius 3 is 2.19 bits per heavy atom. The number of para-hydroxylation sites is 1. The van der Waals surface area contributed by atoms with Crippen molar-refractivity contribution >= 4 is 17.5 Å². The number of hydrogen-bond acceptors (Lipinski definition) is 9. The fourth-order valence-corrected chi connectivity index (χ4v) is 5.29. The van der Waals surface area contributed by atoms with Crippen LogP contribution >= 0.6 is 11.8 Å². The molecule has 0 fully saturated rings. The minimum Gasteiger partial charge on any atom is -0.493 e. The minimum absolute atomic E-state index is 0.170. The molecule has 5 rings (SSSR count). The first-order valence-corrected chi connectivity index (χ1v) is 13.6. The van der Waals surface area contributed by atoms with Gasteiger partial charge in [-0.05, 0) is 33.7 Å². The maximum Gasteiger partial charge on any atom is 0.438 e. The monoisotopic (exact) mass is 581 g/mol. The molecule has 0 saturated heterocycles. The van der Waals surface area contributed by atoms with Gasteiger partial charge < -0.3 is 14.2 Å².